The monoisotopic (exact) mass is 682 g/mol. The second kappa shape index (κ2) is 11.2. The van der Waals surface area contributed by atoms with Gasteiger partial charge in [-0.05, 0) is 58.3 Å². The van der Waals surface area contributed by atoms with Gasteiger partial charge in [-0.2, -0.15) is 0 Å². The zero-order valence-corrected chi connectivity index (χ0v) is 29.1. The van der Waals surface area contributed by atoms with Gasteiger partial charge in [-0.15, -0.1) is 11.3 Å². The van der Waals surface area contributed by atoms with Crippen LogP contribution < -0.4 is 10.0 Å². The third-order valence-corrected chi connectivity index (χ3v) is 11.7. The molecule has 0 amide bonds. The highest BCUT2D eigenvalue weighted by atomic mass is 32.1. The van der Waals surface area contributed by atoms with E-state index in [9.17, 15) is 0 Å². The molecule has 0 spiro atoms. The number of anilines is 4. The predicted molar refractivity (Wildman–Crippen MR) is 220 cm³/mol. The predicted octanol–water partition coefficient (Wildman–Crippen LogP) is 13.2. The second-order valence-electron chi connectivity index (χ2n) is 13.4. The Morgan fingerprint density at radius 1 is 0.481 bits per heavy atom. The molecule has 3 heterocycles. The van der Waals surface area contributed by atoms with Crippen LogP contribution in [-0.2, 0) is 0 Å². The molecule has 0 saturated carbocycles. The van der Waals surface area contributed by atoms with E-state index in [0.29, 0.717) is 5.95 Å². The molecule has 0 fully saturated rings. The third-order valence-electron chi connectivity index (χ3n) is 10.5. The molecule has 0 unspecified atom stereocenters. The summed E-state index contributed by atoms with van der Waals surface area (Å²) >= 11 is 1.85. The van der Waals surface area contributed by atoms with Gasteiger partial charge in [0.15, 0.2) is 0 Å². The SMILES string of the molecule is Cc1ccccc1N1c2ccc3ccccc3c2-c2c(c3sc4ccccc4c3c3ccccc23)N1c1nc(-c2ccccc2)c2ccccc2n1. The number of rotatable bonds is 3. The summed E-state index contributed by atoms with van der Waals surface area (Å²) < 4.78 is 2.47. The minimum absolute atomic E-state index is 0.620. The van der Waals surface area contributed by atoms with Crippen LogP contribution in [0.15, 0.2) is 164 Å². The fraction of sp³-hybridized carbons (Fsp3) is 0.0213. The summed E-state index contributed by atoms with van der Waals surface area (Å²) in [4.78, 5) is 11.0. The lowest BCUT2D eigenvalue weighted by Gasteiger charge is -2.43. The van der Waals surface area contributed by atoms with E-state index >= 15 is 0 Å². The normalized spacial score (nSPS) is 12.6. The molecule has 1 aliphatic heterocycles. The third kappa shape index (κ3) is 4.14. The average Bonchev–Trinajstić information content (AvgIpc) is 3.60. The van der Waals surface area contributed by atoms with E-state index in [1.54, 1.807) is 0 Å². The molecule has 52 heavy (non-hydrogen) atoms. The van der Waals surface area contributed by atoms with Crippen molar-refractivity contribution in [1.29, 1.82) is 0 Å². The lowest BCUT2D eigenvalue weighted by molar-refractivity contribution is 0.929. The smallest absolute Gasteiger partial charge is 0.245 e. The summed E-state index contributed by atoms with van der Waals surface area (Å²) in [7, 11) is 0. The molecule has 2 aromatic heterocycles. The summed E-state index contributed by atoms with van der Waals surface area (Å²) in [5, 5.41) is 13.1. The van der Waals surface area contributed by atoms with Crippen molar-refractivity contribution in [3.05, 3.63) is 169 Å². The molecule has 1 aliphatic rings. The number of benzene rings is 8. The van der Waals surface area contributed by atoms with Crippen LogP contribution in [0.4, 0.5) is 23.0 Å². The van der Waals surface area contributed by atoms with Crippen LogP contribution in [0.2, 0.25) is 0 Å². The first-order chi connectivity index (χ1) is 25.7. The first-order valence-electron chi connectivity index (χ1n) is 17.6. The number of fused-ring (bicyclic) bond motifs is 13. The van der Waals surface area contributed by atoms with Crippen molar-refractivity contribution in [2.24, 2.45) is 0 Å². The van der Waals surface area contributed by atoms with E-state index < -0.39 is 0 Å². The molecule has 11 rings (SSSR count). The summed E-state index contributed by atoms with van der Waals surface area (Å²) in [5.74, 6) is 0.620. The maximum atomic E-state index is 5.55. The Hall–Kier alpha value is -6.56. The van der Waals surface area contributed by atoms with Gasteiger partial charge in [-0.3, -0.25) is 0 Å². The van der Waals surface area contributed by atoms with Crippen molar-refractivity contribution in [3.63, 3.8) is 0 Å². The summed E-state index contributed by atoms with van der Waals surface area (Å²) in [6.07, 6.45) is 0. The van der Waals surface area contributed by atoms with Gasteiger partial charge in [0.1, 0.15) is 0 Å². The molecule has 5 heteroatoms. The van der Waals surface area contributed by atoms with Gasteiger partial charge in [0, 0.05) is 37.5 Å². The highest BCUT2D eigenvalue weighted by molar-refractivity contribution is 7.26. The largest absolute Gasteiger partial charge is 0.251 e. The molecule has 10 aromatic rings. The van der Waals surface area contributed by atoms with E-state index in [2.05, 4.69) is 181 Å². The van der Waals surface area contributed by atoms with E-state index in [1.165, 1.54) is 52.8 Å². The van der Waals surface area contributed by atoms with Crippen LogP contribution in [0, 0.1) is 6.92 Å². The van der Waals surface area contributed by atoms with Gasteiger partial charge >= 0.3 is 0 Å². The van der Waals surface area contributed by atoms with E-state index in [4.69, 9.17) is 9.97 Å². The molecule has 0 aliphatic carbocycles. The number of hydrogen-bond acceptors (Lipinski definition) is 5. The number of hydrogen-bond donors (Lipinski definition) is 0. The molecule has 0 bridgehead atoms. The molecule has 0 atom stereocenters. The van der Waals surface area contributed by atoms with Crippen LogP contribution in [0.1, 0.15) is 5.56 Å². The van der Waals surface area contributed by atoms with E-state index in [1.807, 2.05) is 11.3 Å². The molecule has 244 valence electrons. The molecule has 4 nitrogen and oxygen atoms in total. The maximum Gasteiger partial charge on any atom is 0.251 e. The Labute approximate surface area is 304 Å². The number of para-hydroxylation sites is 2. The number of thiophene rings is 1. The molecular weight excluding hydrogens is 653 g/mol. The number of aromatic nitrogens is 2. The zero-order valence-electron chi connectivity index (χ0n) is 28.3. The van der Waals surface area contributed by atoms with Crippen LogP contribution >= 0.6 is 11.3 Å². The summed E-state index contributed by atoms with van der Waals surface area (Å²) in [5.41, 5.74) is 9.69. The minimum atomic E-state index is 0.620. The van der Waals surface area contributed by atoms with Gasteiger partial charge in [0.05, 0.1) is 33.0 Å². The van der Waals surface area contributed by atoms with Crippen LogP contribution in [0.3, 0.4) is 0 Å². The lowest BCUT2D eigenvalue weighted by atomic mass is 9.87. The molecule has 0 saturated heterocycles. The standard InChI is InChI=1S/C47H30N4S/c1-29-15-5-13-25-38(29)50-39-28-27-30-16-6-7-19-32(30)42(39)43-34-21-9-8-20-33(34)41-36-23-11-14-26-40(36)52-46(41)45(43)51(50)47-48-37-24-12-10-22-35(37)44(49-47)31-17-3-2-4-18-31/h2-28H,1H3. The van der Waals surface area contributed by atoms with Gasteiger partial charge in [-0.1, -0.05) is 140 Å². The van der Waals surface area contributed by atoms with E-state index in [0.717, 1.165) is 44.8 Å². The fourth-order valence-corrected chi connectivity index (χ4v) is 9.46. The highest BCUT2D eigenvalue weighted by Gasteiger charge is 2.38. The topological polar surface area (TPSA) is 32.3 Å². The Bertz CT molecular complexity index is 3060. The lowest BCUT2D eigenvalue weighted by Crippen LogP contribution is -2.40. The van der Waals surface area contributed by atoms with Crippen molar-refractivity contribution in [2.75, 3.05) is 10.0 Å². The first kappa shape index (κ1) is 29.2. The Kier molecular flexibility index (Phi) is 6.30. The Morgan fingerprint density at radius 2 is 1.15 bits per heavy atom. The molecule has 8 aromatic carbocycles. The summed E-state index contributed by atoms with van der Waals surface area (Å²) in [6.45, 7) is 2.19. The number of aryl methyl sites for hydroxylation is 1. The quantitative estimate of drug-likeness (QED) is 0.186. The van der Waals surface area contributed by atoms with Gasteiger partial charge in [0.25, 0.3) is 5.95 Å². The Morgan fingerprint density at radius 3 is 2.00 bits per heavy atom. The van der Waals surface area contributed by atoms with Crippen LogP contribution in [0.25, 0.3) is 75.0 Å². The fourth-order valence-electron chi connectivity index (χ4n) is 8.21. The first-order valence-corrected chi connectivity index (χ1v) is 18.4. The zero-order chi connectivity index (χ0) is 34.3. The van der Waals surface area contributed by atoms with Crippen LogP contribution in [-0.4, -0.2) is 9.97 Å². The minimum Gasteiger partial charge on any atom is -0.245 e. The molecule has 0 radical (unpaired) electrons. The van der Waals surface area contributed by atoms with Gasteiger partial charge in [0.2, 0.25) is 0 Å². The van der Waals surface area contributed by atoms with Crippen molar-refractivity contribution >= 4 is 87.0 Å². The van der Waals surface area contributed by atoms with Gasteiger partial charge in [-0.25, -0.2) is 20.0 Å². The number of nitrogens with zero attached hydrogens (tertiary/aromatic N) is 4. The molecule has 0 N–H and O–H groups in total. The number of hydrazine groups is 1. The van der Waals surface area contributed by atoms with Crippen molar-refractivity contribution < 1.29 is 0 Å². The van der Waals surface area contributed by atoms with E-state index in [-0.39, 0.29) is 0 Å². The average molecular weight is 683 g/mol. The Balaban J connectivity index is 1.38. The van der Waals surface area contributed by atoms with Crippen LogP contribution in [0.5, 0.6) is 0 Å². The van der Waals surface area contributed by atoms with Crippen molar-refractivity contribution in [3.8, 4) is 22.4 Å². The maximum absolute atomic E-state index is 5.55. The van der Waals surface area contributed by atoms with Gasteiger partial charge < -0.3 is 0 Å². The molecular formula is C47H30N4S. The second-order valence-corrected chi connectivity index (χ2v) is 14.5. The summed E-state index contributed by atoms with van der Waals surface area (Å²) in [6, 6.07) is 58.6. The van der Waals surface area contributed by atoms with Crippen molar-refractivity contribution in [2.45, 2.75) is 6.92 Å². The highest BCUT2D eigenvalue weighted by Crippen LogP contribution is 2.59. The van der Waals surface area contributed by atoms with Crippen molar-refractivity contribution in [1.82, 2.24) is 9.97 Å².